The molecule has 0 saturated carbocycles. The van der Waals surface area contributed by atoms with Gasteiger partial charge in [0.2, 0.25) is 12.2 Å². The van der Waals surface area contributed by atoms with Crippen LogP contribution in [0.1, 0.15) is 28.8 Å². The van der Waals surface area contributed by atoms with E-state index < -0.39 is 46.0 Å². The van der Waals surface area contributed by atoms with Crippen LogP contribution in [0.3, 0.4) is 0 Å². The number of nitro benzene ring substituents is 2. The number of hydrogen-bond acceptors (Lipinski definition) is 8. The number of ether oxygens (including phenoxy) is 2. The number of anilines is 2. The molecule has 2 aliphatic heterocycles. The molecule has 2 aliphatic rings. The number of benzene rings is 5. The third-order valence-corrected chi connectivity index (χ3v) is 10.0. The number of amides is 2. The van der Waals surface area contributed by atoms with Gasteiger partial charge in [-0.05, 0) is 72.1 Å². The molecule has 5 aromatic rings. The summed E-state index contributed by atoms with van der Waals surface area (Å²) in [6.07, 6.45) is -2.27. The fraction of sp³-hybridized carbons (Fsp3) is 0.135. The van der Waals surface area contributed by atoms with E-state index in [-0.39, 0.29) is 32.9 Å². The highest BCUT2D eigenvalue weighted by Crippen LogP contribution is 2.48. The second kappa shape index (κ2) is 14.2. The highest BCUT2D eigenvalue weighted by Gasteiger charge is 2.54. The first-order chi connectivity index (χ1) is 25.3. The molecule has 2 heterocycles. The van der Waals surface area contributed by atoms with Crippen molar-refractivity contribution in [3.63, 3.8) is 0 Å². The first-order valence-electron chi connectivity index (χ1n) is 15.8. The largest absolute Gasteiger partial charge is 0.476 e. The first-order valence-corrected chi connectivity index (χ1v) is 17.3. The van der Waals surface area contributed by atoms with Gasteiger partial charge in [0.15, 0.2) is 0 Å². The molecule has 4 unspecified atom stereocenters. The number of aryl methyl sites for hydroxylation is 1. The minimum Gasteiger partial charge on any atom is -0.476 e. The second-order valence-electron chi connectivity index (χ2n) is 12.2. The third kappa shape index (κ3) is 6.70. The molecule has 53 heavy (non-hydrogen) atoms. The zero-order chi connectivity index (χ0) is 37.7. The molecule has 2 amide bonds. The predicted octanol–water partition coefficient (Wildman–Crippen LogP) is 9.50. The maximum Gasteiger partial charge on any atom is 0.271 e. The Morgan fingerprint density at radius 3 is 1.55 bits per heavy atom. The second-order valence-corrected chi connectivity index (χ2v) is 13.9. The number of nitro groups is 2. The molecule has 2 saturated heterocycles. The SMILES string of the molecule is Cc1ccc(N2C(=O)C(Oc3ccc(Cl)cc3Cl)C2c2cccc([N+](=O)[O-])c2)cc1N1C(=O)C(Oc2ccc(Cl)cc2Cl)C1c1cccc([N+](=O)[O-])c1. The van der Waals surface area contributed by atoms with Crippen molar-refractivity contribution in [2.75, 3.05) is 9.80 Å². The Balaban J connectivity index is 1.29. The fourth-order valence-electron chi connectivity index (χ4n) is 6.43. The molecule has 0 aromatic heterocycles. The summed E-state index contributed by atoms with van der Waals surface area (Å²) in [5, 5.41) is 24.5. The number of hydrogen-bond donors (Lipinski definition) is 0. The monoisotopic (exact) mass is 792 g/mol. The Hall–Kier alpha value is -5.40. The van der Waals surface area contributed by atoms with Gasteiger partial charge in [-0.3, -0.25) is 39.6 Å². The first kappa shape index (κ1) is 36.0. The van der Waals surface area contributed by atoms with Crippen LogP contribution in [0.4, 0.5) is 22.7 Å². The quantitative estimate of drug-likeness (QED) is 0.0772. The minimum atomic E-state index is -1.14. The van der Waals surface area contributed by atoms with Crippen LogP contribution >= 0.6 is 46.4 Å². The van der Waals surface area contributed by atoms with Crippen LogP contribution in [0.5, 0.6) is 11.5 Å². The molecular formula is C37H24Cl4N4O8. The lowest BCUT2D eigenvalue weighted by molar-refractivity contribution is -0.385. The molecule has 0 N–H and O–H groups in total. The summed E-state index contributed by atoms with van der Waals surface area (Å²) in [6.45, 7) is 1.77. The van der Waals surface area contributed by atoms with Crippen molar-refractivity contribution in [1.82, 2.24) is 0 Å². The zero-order valence-corrected chi connectivity index (χ0v) is 30.2. The van der Waals surface area contributed by atoms with Crippen molar-refractivity contribution >= 4 is 81.0 Å². The van der Waals surface area contributed by atoms with E-state index in [1.807, 2.05) is 0 Å². The Morgan fingerprint density at radius 1 is 0.604 bits per heavy atom. The smallest absolute Gasteiger partial charge is 0.271 e. The van der Waals surface area contributed by atoms with Crippen LogP contribution in [0.2, 0.25) is 20.1 Å². The highest BCUT2D eigenvalue weighted by molar-refractivity contribution is 6.36. The van der Waals surface area contributed by atoms with Crippen molar-refractivity contribution in [3.05, 3.63) is 160 Å². The highest BCUT2D eigenvalue weighted by atomic mass is 35.5. The fourth-order valence-corrected chi connectivity index (χ4v) is 7.33. The summed E-state index contributed by atoms with van der Waals surface area (Å²) >= 11 is 24.9. The van der Waals surface area contributed by atoms with Gasteiger partial charge in [0.05, 0.1) is 19.9 Å². The van der Waals surface area contributed by atoms with Crippen molar-refractivity contribution in [3.8, 4) is 11.5 Å². The number of rotatable bonds is 10. The summed E-state index contributed by atoms with van der Waals surface area (Å²) in [7, 11) is 0. The van der Waals surface area contributed by atoms with Gasteiger partial charge < -0.3 is 9.47 Å². The predicted molar refractivity (Wildman–Crippen MR) is 200 cm³/mol. The standard InChI is InChI=1S/C37H24Cl4N4O8/c1-19-8-11-24(42-32(20-4-2-6-25(14-20)44(48)49)34(36(42)46)52-30-12-9-22(38)16-27(30)40)18-29(19)43-33(21-5-3-7-26(15-21)45(50)51)35(37(43)47)53-31-13-10-23(39)17-28(31)41/h2-18,32-35H,1H3. The van der Waals surface area contributed by atoms with Crippen molar-refractivity contribution in [2.24, 2.45) is 0 Å². The lowest BCUT2D eigenvalue weighted by Gasteiger charge is -2.49. The molecule has 0 spiro atoms. The van der Waals surface area contributed by atoms with Crippen LogP contribution in [0.25, 0.3) is 0 Å². The van der Waals surface area contributed by atoms with E-state index >= 15 is 0 Å². The zero-order valence-electron chi connectivity index (χ0n) is 27.2. The van der Waals surface area contributed by atoms with Crippen LogP contribution in [-0.2, 0) is 9.59 Å². The molecule has 0 aliphatic carbocycles. The summed E-state index contributed by atoms with van der Waals surface area (Å²) < 4.78 is 12.2. The maximum absolute atomic E-state index is 14.0. The average molecular weight is 794 g/mol. The third-order valence-electron chi connectivity index (χ3n) is 8.96. The normalized spacial score (nSPS) is 19.3. The molecule has 16 heteroatoms. The lowest BCUT2D eigenvalue weighted by Crippen LogP contribution is -2.62. The van der Waals surface area contributed by atoms with Gasteiger partial charge >= 0.3 is 0 Å². The minimum absolute atomic E-state index is 0.166. The van der Waals surface area contributed by atoms with Crippen molar-refractivity contribution in [1.29, 1.82) is 0 Å². The molecule has 0 bridgehead atoms. The summed E-state index contributed by atoms with van der Waals surface area (Å²) in [6, 6.07) is 24.1. The van der Waals surface area contributed by atoms with Gasteiger partial charge in [-0.25, -0.2) is 0 Å². The van der Waals surface area contributed by atoms with Gasteiger partial charge in [0.25, 0.3) is 23.2 Å². The average Bonchev–Trinajstić information content (AvgIpc) is 3.12. The molecule has 4 atom stereocenters. The Morgan fingerprint density at radius 2 is 1.08 bits per heavy atom. The number of halogens is 4. The van der Waals surface area contributed by atoms with Crippen LogP contribution in [0.15, 0.2) is 103 Å². The summed E-state index contributed by atoms with van der Waals surface area (Å²) in [4.78, 5) is 53.3. The Labute approximate surface area is 321 Å². The van der Waals surface area contributed by atoms with Crippen LogP contribution in [0, 0.1) is 27.2 Å². The number of carbonyl (C=O) groups is 2. The van der Waals surface area contributed by atoms with Gasteiger partial charge in [-0.1, -0.05) is 76.7 Å². The van der Waals surface area contributed by atoms with Gasteiger partial charge in [0.1, 0.15) is 23.6 Å². The van der Waals surface area contributed by atoms with E-state index in [4.69, 9.17) is 55.9 Å². The molecule has 5 aromatic carbocycles. The van der Waals surface area contributed by atoms with E-state index in [1.165, 1.54) is 70.5 Å². The summed E-state index contributed by atoms with van der Waals surface area (Å²) in [5.74, 6) is -0.581. The topological polar surface area (TPSA) is 145 Å². The molecule has 268 valence electrons. The molecule has 2 fully saturated rings. The summed E-state index contributed by atoms with van der Waals surface area (Å²) in [5.41, 5.74) is 1.84. The maximum atomic E-state index is 14.0. The van der Waals surface area contributed by atoms with Gasteiger partial charge in [-0.2, -0.15) is 0 Å². The van der Waals surface area contributed by atoms with E-state index in [9.17, 15) is 29.8 Å². The van der Waals surface area contributed by atoms with Crippen molar-refractivity contribution < 1.29 is 28.9 Å². The number of nitrogens with zero attached hydrogens (tertiary/aromatic N) is 4. The van der Waals surface area contributed by atoms with Gasteiger partial charge in [0, 0.05) is 45.7 Å². The lowest BCUT2D eigenvalue weighted by atomic mass is 9.87. The van der Waals surface area contributed by atoms with Crippen LogP contribution < -0.4 is 19.3 Å². The molecular weight excluding hydrogens is 770 g/mol. The van der Waals surface area contributed by atoms with E-state index in [1.54, 1.807) is 49.4 Å². The molecule has 7 rings (SSSR count). The van der Waals surface area contributed by atoms with Gasteiger partial charge in [-0.15, -0.1) is 0 Å². The number of β-lactam (4-membered cyclic amide) rings is 2. The Bertz CT molecular complexity index is 2340. The van der Waals surface area contributed by atoms with E-state index in [0.29, 0.717) is 38.1 Å². The van der Waals surface area contributed by atoms with E-state index in [0.717, 1.165) is 0 Å². The Kier molecular flexibility index (Phi) is 9.64. The van der Waals surface area contributed by atoms with E-state index in [2.05, 4.69) is 0 Å². The van der Waals surface area contributed by atoms with Crippen LogP contribution in [-0.4, -0.2) is 33.9 Å². The molecule has 12 nitrogen and oxygen atoms in total. The molecule has 0 radical (unpaired) electrons. The number of carbonyl (C=O) groups excluding carboxylic acids is 2. The number of non-ortho nitro benzene ring substituents is 2. The van der Waals surface area contributed by atoms with Crippen molar-refractivity contribution in [2.45, 2.75) is 31.2 Å².